The predicted molar refractivity (Wildman–Crippen MR) is 227 cm³/mol. The summed E-state index contributed by atoms with van der Waals surface area (Å²) in [5.41, 5.74) is 2.05. The van der Waals surface area contributed by atoms with Gasteiger partial charge in [0.05, 0.1) is 41.4 Å². The molecule has 5 aliphatic rings. The maximum absolute atomic E-state index is 16.2. The van der Waals surface area contributed by atoms with E-state index in [4.69, 9.17) is 21.3 Å². The number of piperidine rings is 3. The first-order valence-electron chi connectivity index (χ1n) is 21.4. The fourth-order valence-electron chi connectivity index (χ4n) is 9.88. The van der Waals surface area contributed by atoms with Crippen LogP contribution in [0.15, 0.2) is 35.4 Å². The van der Waals surface area contributed by atoms with Gasteiger partial charge in [0.25, 0.3) is 5.56 Å². The van der Waals surface area contributed by atoms with Gasteiger partial charge in [-0.25, -0.2) is 23.1 Å². The van der Waals surface area contributed by atoms with E-state index in [2.05, 4.69) is 40.8 Å². The Labute approximate surface area is 359 Å². The Balaban J connectivity index is 0.770. The van der Waals surface area contributed by atoms with Crippen LogP contribution < -0.4 is 31.1 Å². The average molecular weight is 874 g/mol. The Morgan fingerprint density at radius 3 is 2.48 bits per heavy atom. The number of aromatic nitrogens is 6. The Morgan fingerprint density at radius 2 is 1.74 bits per heavy atom. The van der Waals surface area contributed by atoms with Gasteiger partial charge in [-0.3, -0.25) is 28.9 Å². The number of fused-ring (bicyclic) bond motifs is 4. The van der Waals surface area contributed by atoms with Gasteiger partial charge in [-0.05, 0) is 87.4 Å². The molecule has 5 aromatic rings. The summed E-state index contributed by atoms with van der Waals surface area (Å²) < 4.78 is 54.8. The third-order valence-corrected chi connectivity index (χ3v) is 13.7. The number of alkyl halides is 2. The van der Waals surface area contributed by atoms with Crippen molar-refractivity contribution in [3.8, 4) is 5.75 Å². The van der Waals surface area contributed by atoms with Gasteiger partial charge in [0.1, 0.15) is 16.2 Å². The molecule has 15 nitrogen and oxygen atoms in total. The number of ether oxygens (including phenoxy) is 1. The van der Waals surface area contributed by atoms with E-state index in [1.54, 1.807) is 25.5 Å². The number of likely N-dealkylation sites (tertiary alicyclic amines) is 1. The van der Waals surface area contributed by atoms with E-state index in [1.807, 2.05) is 12.1 Å². The normalized spacial score (nSPS) is 22.6. The van der Waals surface area contributed by atoms with Crippen LogP contribution in [-0.4, -0.2) is 97.3 Å². The first kappa shape index (κ1) is 40.6. The lowest BCUT2D eigenvalue weighted by Gasteiger charge is -2.38. The number of hydrogen-bond acceptors (Lipinski definition) is 12. The minimum Gasteiger partial charge on any atom is -0.480 e. The number of aryl methyl sites for hydroxylation is 2. The number of halogens is 4. The highest BCUT2D eigenvalue weighted by atomic mass is 35.5. The highest BCUT2D eigenvalue weighted by Crippen LogP contribution is 2.46. The molecule has 3 saturated heterocycles. The monoisotopic (exact) mass is 873 g/mol. The van der Waals surface area contributed by atoms with Crippen molar-refractivity contribution in [2.24, 2.45) is 25.9 Å². The van der Waals surface area contributed by atoms with Crippen molar-refractivity contribution in [1.82, 2.24) is 39.5 Å². The molecular formula is C43H47ClF3N11O4. The van der Waals surface area contributed by atoms with Gasteiger partial charge in [-0.15, -0.1) is 0 Å². The predicted octanol–water partition coefficient (Wildman–Crippen LogP) is 5.98. The molecule has 10 rings (SSSR count). The highest BCUT2D eigenvalue weighted by Gasteiger charge is 2.51. The number of nitrogens with one attached hydrogen (secondary N) is 3. The van der Waals surface area contributed by atoms with Gasteiger partial charge in [0.2, 0.25) is 23.5 Å². The number of hydrogen-bond donors (Lipinski definition) is 3. The lowest BCUT2D eigenvalue weighted by Crippen LogP contribution is -2.44. The summed E-state index contributed by atoms with van der Waals surface area (Å²) in [7, 11) is 3.23. The standard InChI is InChI=1S/C43H47ClF3N11O4/c1-55-39-29(34-36(41(55)61)62-21-43(46,47)37(52-34)24-3-4-24)17-25(18-48-39)50-38-30(44)19-49-42(53-38)58-15-9-22(10-16-58)20-57-13-11-23(12-14-57)26-5-6-27-33(54-56(2)35(27)32(26)45)28-7-8-31(59)51-40(28)60/h5-6,17-19,22-24,28,37,52H,3-4,7-16,20-21H2,1-2H3,(H,49,50,53)(H,51,59,60)/t28?,37-/m0/s1. The fourth-order valence-corrected chi connectivity index (χ4v) is 10.0. The van der Waals surface area contributed by atoms with Crippen LogP contribution in [0.2, 0.25) is 5.02 Å². The van der Waals surface area contributed by atoms with Crippen LogP contribution in [0.1, 0.15) is 74.5 Å². The zero-order valence-electron chi connectivity index (χ0n) is 34.4. The van der Waals surface area contributed by atoms with Crippen molar-refractivity contribution in [2.45, 2.75) is 75.2 Å². The van der Waals surface area contributed by atoms with E-state index in [0.29, 0.717) is 80.9 Å². The average Bonchev–Trinajstić information content (AvgIpc) is 4.06. The summed E-state index contributed by atoms with van der Waals surface area (Å²) in [4.78, 5) is 56.0. The molecular weight excluding hydrogens is 827 g/mol. The number of rotatable bonds is 8. The molecule has 4 aliphatic heterocycles. The Bertz CT molecular complexity index is 2670. The van der Waals surface area contributed by atoms with E-state index in [9.17, 15) is 14.4 Å². The number of amides is 2. The van der Waals surface area contributed by atoms with Crippen molar-refractivity contribution in [1.29, 1.82) is 0 Å². The molecule has 62 heavy (non-hydrogen) atoms. The van der Waals surface area contributed by atoms with Crippen LogP contribution in [0.5, 0.6) is 5.75 Å². The highest BCUT2D eigenvalue weighted by molar-refractivity contribution is 6.33. The van der Waals surface area contributed by atoms with Crippen LogP contribution in [0.25, 0.3) is 21.9 Å². The van der Waals surface area contributed by atoms with Crippen molar-refractivity contribution in [3.63, 3.8) is 0 Å². The SMILES string of the molecule is Cn1nc(C2CCC(=O)NC2=O)c2ccc(C3CCN(CC4CCN(c5ncc(Cl)c(Nc6cnc7c(c6)c6c(c(=O)n7C)OCC(F)(F)[C@H](C7CC7)N6)n5)CC4)CC3)c(F)c21. The van der Waals surface area contributed by atoms with Crippen LogP contribution in [0, 0.1) is 17.7 Å². The first-order chi connectivity index (χ1) is 29.8. The van der Waals surface area contributed by atoms with Gasteiger partial charge >= 0.3 is 5.92 Å². The maximum atomic E-state index is 16.2. The minimum atomic E-state index is -3.16. The molecule has 1 unspecified atom stereocenters. The summed E-state index contributed by atoms with van der Waals surface area (Å²) in [6.45, 7) is 3.32. The molecule has 8 heterocycles. The largest absolute Gasteiger partial charge is 0.480 e. The number of imide groups is 1. The molecule has 4 fully saturated rings. The molecule has 1 aliphatic carbocycles. The second kappa shape index (κ2) is 15.7. The third-order valence-electron chi connectivity index (χ3n) is 13.4. The lowest BCUT2D eigenvalue weighted by atomic mass is 9.86. The fraction of sp³-hybridized carbons (Fsp3) is 0.512. The van der Waals surface area contributed by atoms with E-state index < -0.39 is 30.0 Å². The molecule has 326 valence electrons. The quantitative estimate of drug-likeness (QED) is 0.157. The first-order valence-corrected chi connectivity index (χ1v) is 21.8. The summed E-state index contributed by atoms with van der Waals surface area (Å²) in [5, 5.41) is 14.5. The third kappa shape index (κ3) is 7.37. The van der Waals surface area contributed by atoms with Gasteiger partial charge in [0.15, 0.2) is 18.2 Å². The summed E-state index contributed by atoms with van der Waals surface area (Å²) in [6.07, 6.45) is 8.61. The van der Waals surface area contributed by atoms with Crippen molar-refractivity contribution in [2.75, 3.05) is 54.9 Å². The molecule has 0 radical (unpaired) electrons. The molecule has 2 atom stereocenters. The number of carbonyl (C=O) groups excluding carboxylic acids is 2. The van der Waals surface area contributed by atoms with Crippen LogP contribution in [0.3, 0.4) is 0 Å². The van der Waals surface area contributed by atoms with Gasteiger partial charge in [0, 0.05) is 50.9 Å². The molecule has 0 bridgehead atoms. The molecule has 19 heteroatoms. The number of anilines is 4. The number of carbonyl (C=O) groups is 2. The number of pyridine rings is 2. The molecule has 2 amide bonds. The van der Waals surface area contributed by atoms with Crippen LogP contribution in [0.4, 0.5) is 36.3 Å². The Hall–Kier alpha value is -5.49. The number of benzene rings is 1. The molecule has 4 aromatic heterocycles. The van der Waals surface area contributed by atoms with Gasteiger partial charge < -0.3 is 25.2 Å². The van der Waals surface area contributed by atoms with Crippen LogP contribution >= 0.6 is 11.6 Å². The minimum absolute atomic E-state index is 0.0729. The summed E-state index contributed by atoms with van der Waals surface area (Å²) in [6, 6.07) is 4.30. The second-order valence-corrected chi connectivity index (χ2v) is 18.0. The van der Waals surface area contributed by atoms with Crippen molar-refractivity contribution >= 4 is 68.5 Å². The Kier molecular flexibility index (Phi) is 10.3. The zero-order chi connectivity index (χ0) is 43.0. The van der Waals surface area contributed by atoms with Crippen molar-refractivity contribution in [3.05, 3.63) is 63.0 Å². The Morgan fingerprint density at radius 1 is 0.968 bits per heavy atom. The molecule has 1 saturated carbocycles. The molecule has 1 aromatic carbocycles. The van der Waals surface area contributed by atoms with Crippen molar-refractivity contribution < 1.29 is 27.5 Å². The molecule has 3 N–H and O–H groups in total. The van der Waals surface area contributed by atoms with E-state index in [-0.39, 0.29) is 47.3 Å². The number of nitrogens with zero attached hydrogens (tertiary/aromatic N) is 8. The zero-order valence-corrected chi connectivity index (χ0v) is 35.2. The van der Waals surface area contributed by atoms with Gasteiger partial charge in [-0.1, -0.05) is 23.7 Å². The van der Waals surface area contributed by atoms with E-state index >= 15 is 13.2 Å². The van der Waals surface area contributed by atoms with E-state index in [1.165, 1.54) is 16.3 Å². The molecule has 0 spiro atoms. The lowest BCUT2D eigenvalue weighted by molar-refractivity contribution is -0.134. The van der Waals surface area contributed by atoms with E-state index in [0.717, 1.165) is 58.4 Å². The maximum Gasteiger partial charge on any atom is 0.301 e. The van der Waals surface area contributed by atoms with Crippen LogP contribution in [-0.2, 0) is 23.7 Å². The van der Waals surface area contributed by atoms with Gasteiger partial charge in [-0.2, -0.15) is 10.1 Å². The topological polar surface area (TPSA) is 164 Å². The second-order valence-electron chi connectivity index (χ2n) is 17.5. The summed E-state index contributed by atoms with van der Waals surface area (Å²) in [5.74, 6) is -3.64. The smallest absolute Gasteiger partial charge is 0.301 e. The summed E-state index contributed by atoms with van der Waals surface area (Å²) >= 11 is 6.60.